The molecule has 224 valence electrons. The number of aromatic amines is 1. The minimum Gasteiger partial charge on any atom is -0.462 e. The maximum absolute atomic E-state index is 13.0. The molecule has 1 atom stereocenters. The molecule has 0 saturated carbocycles. The molecule has 0 fully saturated rings. The third kappa shape index (κ3) is 8.65. The van der Waals surface area contributed by atoms with Gasteiger partial charge in [0.05, 0.1) is 24.7 Å². The molecule has 11 nitrogen and oxygen atoms in total. The number of hydrazone groups is 1. The van der Waals surface area contributed by atoms with Crippen molar-refractivity contribution >= 4 is 24.2 Å². The molecule has 0 bridgehead atoms. The highest BCUT2D eigenvalue weighted by Gasteiger charge is 2.23. The molecule has 0 aliphatic heterocycles. The van der Waals surface area contributed by atoms with Gasteiger partial charge < -0.3 is 24.3 Å². The van der Waals surface area contributed by atoms with Crippen molar-refractivity contribution in [3.05, 3.63) is 107 Å². The largest absolute Gasteiger partial charge is 0.462 e. The van der Waals surface area contributed by atoms with Crippen LogP contribution >= 0.6 is 0 Å². The number of esters is 1. The summed E-state index contributed by atoms with van der Waals surface area (Å²) in [4.78, 5) is 44.7. The number of aromatic nitrogens is 3. The van der Waals surface area contributed by atoms with Gasteiger partial charge in [-0.15, -0.1) is 0 Å². The molecule has 0 unspecified atom stereocenters. The summed E-state index contributed by atoms with van der Waals surface area (Å²) in [5.41, 5.74) is 8.02. The van der Waals surface area contributed by atoms with Gasteiger partial charge in [-0.2, -0.15) is 5.10 Å². The second kappa shape index (κ2) is 15.2. The van der Waals surface area contributed by atoms with Crippen LogP contribution < -0.4 is 10.7 Å². The quantitative estimate of drug-likeness (QED) is 0.0896. The molecule has 0 aliphatic rings. The van der Waals surface area contributed by atoms with Gasteiger partial charge in [0, 0.05) is 41.0 Å². The van der Waals surface area contributed by atoms with Crippen LogP contribution in [0.3, 0.4) is 0 Å². The number of carbonyl (C=O) groups is 3. The van der Waals surface area contributed by atoms with Crippen molar-refractivity contribution in [2.75, 3.05) is 6.61 Å². The predicted molar refractivity (Wildman–Crippen MR) is 162 cm³/mol. The highest BCUT2D eigenvalue weighted by Crippen LogP contribution is 2.20. The molecule has 0 spiro atoms. The van der Waals surface area contributed by atoms with Crippen molar-refractivity contribution in [1.29, 1.82) is 0 Å². The van der Waals surface area contributed by atoms with Crippen molar-refractivity contribution in [1.82, 2.24) is 25.3 Å². The Kier molecular flexibility index (Phi) is 10.8. The maximum atomic E-state index is 13.0. The zero-order chi connectivity index (χ0) is 30.6. The van der Waals surface area contributed by atoms with Crippen LogP contribution in [0.5, 0.6) is 0 Å². The summed E-state index contributed by atoms with van der Waals surface area (Å²) in [6.07, 6.45) is 5.86. The molecular weight excluding hydrogens is 548 g/mol. The Morgan fingerprint density at radius 3 is 2.53 bits per heavy atom. The van der Waals surface area contributed by atoms with Gasteiger partial charge in [0.25, 0.3) is 5.91 Å². The van der Waals surface area contributed by atoms with Gasteiger partial charge in [-0.25, -0.2) is 20.0 Å². The lowest BCUT2D eigenvalue weighted by Gasteiger charge is -2.16. The van der Waals surface area contributed by atoms with Crippen LogP contribution in [-0.2, 0) is 27.3 Å². The number of ether oxygens (including phenoxy) is 2. The Labute approximate surface area is 250 Å². The first kappa shape index (κ1) is 30.8. The minimum atomic E-state index is -0.958. The lowest BCUT2D eigenvalue weighted by molar-refractivity contribution is -0.123. The van der Waals surface area contributed by atoms with Crippen LogP contribution in [-0.4, -0.2) is 51.4 Å². The molecule has 0 aliphatic carbocycles. The summed E-state index contributed by atoms with van der Waals surface area (Å²) in [6.45, 7) is 6.42. The molecule has 0 saturated heterocycles. The van der Waals surface area contributed by atoms with E-state index < -0.39 is 18.0 Å². The van der Waals surface area contributed by atoms with Crippen LogP contribution in [0.15, 0.2) is 78.3 Å². The van der Waals surface area contributed by atoms with Gasteiger partial charge in [-0.1, -0.05) is 43.7 Å². The first-order valence-corrected chi connectivity index (χ1v) is 14.1. The van der Waals surface area contributed by atoms with Gasteiger partial charge in [-0.05, 0) is 56.2 Å². The molecular formula is C32H36N6O5. The number of amides is 2. The number of alkyl carbamates (subject to hydrolysis) is 1. The van der Waals surface area contributed by atoms with Crippen molar-refractivity contribution < 1.29 is 23.9 Å². The third-order valence-corrected chi connectivity index (χ3v) is 6.74. The van der Waals surface area contributed by atoms with Gasteiger partial charge >= 0.3 is 12.1 Å². The lowest BCUT2D eigenvalue weighted by atomic mass is 10.1. The standard InChI is InChI=1S/C32H36N6O5/c1-4-5-15-42-31(40)25-11-13-28(14-12-25)38-22(2)16-26(23(38)3)18-35-37-30(39)29(17-27-19-33-21-34-27)36-32(41)43-20-24-9-7-6-8-10-24/h6-14,16,18-19,21,29H,4-5,15,17,20H2,1-3H3,(H,33,34)(H,36,41)(H,37,39)/b35-18-/t29-/m1/s1. The number of imidazole rings is 1. The number of nitrogens with one attached hydrogen (secondary N) is 3. The summed E-state index contributed by atoms with van der Waals surface area (Å²) in [5.74, 6) is -0.855. The van der Waals surface area contributed by atoms with E-state index in [1.165, 1.54) is 6.33 Å². The minimum absolute atomic E-state index is 0.0740. The second-order valence-electron chi connectivity index (χ2n) is 9.97. The molecule has 0 radical (unpaired) electrons. The Morgan fingerprint density at radius 1 is 1.07 bits per heavy atom. The third-order valence-electron chi connectivity index (χ3n) is 6.74. The molecule has 43 heavy (non-hydrogen) atoms. The first-order chi connectivity index (χ1) is 20.9. The van der Waals surface area contributed by atoms with Crippen LogP contribution in [0.2, 0.25) is 0 Å². The smallest absolute Gasteiger partial charge is 0.408 e. The van der Waals surface area contributed by atoms with Crippen LogP contribution in [0.1, 0.15) is 58.3 Å². The summed E-state index contributed by atoms with van der Waals surface area (Å²) in [7, 11) is 0. The number of carbonyl (C=O) groups excluding carboxylic acids is 3. The summed E-state index contributed by atoms with van der Waals surface area (Å²) in [5, 5.41) is 6.77. The van der Waals surface area contributed by atoms with E-state index in [4.69, 9.17) is 9.47 Å². The fourth-order valence-corrected chi connectivity index (χ4v) is 4.43. The fourth-order valence-electron chi connectivity index (χ4n) is 4.43. The van der Waals surface area contributed by atoms with Crippen LogP contribution in [0.4, 0.5) is 4.79 Å². The molecule has 3 N–H and O–H groups in total. The van der Waals surface area contributed by atoms with Crippen molar-refractivity contribution in [3.8, 4) is 5.69 Å². The van der Waals surface area contributed by atoms with Crippen molar-refractivity contribution in [2.45, 2.75) is 52.7 Å². The predicted octanol–water partition coefficient (Wildman–Crippen LogP) is 4.76. The number of aryl methyl sites for hydroxylation is 1. The topological polar surface area (TPSA) is 140 Å². The van der Waals surface area contributed by atoms with Gasteiger partial charge in [0.2, 0.25) is 0 Å². The molecule has 2 aromatic heterocycles. The summed E-state index contributed by atoms with van der Waals surface area (Å²) >= 11 is 0. The number of hydrogen-bond acceptors (Lipinski definition) is 7. The molecule has 4 aromatic rings. The van der Waals surface area contributed by atoms with E-state index in [0.717, 1.165) is 41.0 Å². The number of hydrogen-bond donors (Lipinski definition) is 3. The van der Waals surface area contributed by atoms with E-state index in [1.54, 1.807) is 24.5 Å². The van der Waals surface area contributed by atoms with E-state index in [0.29, 0.717) is 17.9 Å². The summed E-state index contributed by atoms with van der Waals surface area (Å²) < 4.78 is 12.6. The molecule has 11 heteroatoms. The first-order valence-electron chi connectivity index (χ1n) is 14.1. The number of H-pyrrole nitrogens is 1. The van der Waals surface area contributed by atoms with E-state index >= 15 is 0 Å². The van der Waals surface area contributed by atoms with E-state index in [-0.39, 0.29) is 19.0 Å². The zero-order valence-electron chi connectivity index (χ0n) is 24.5. The van der Waals surface area contributed by atoms with E-state index in [2.05, 4.69) is 25.8 Å². The Morgan fingerprint density at radius 2 is 1.84 bits per heavy atom. The summed E-state index contributed by atoms with van der Waals surface area (Å²) in [6, 6.07) is 17.5. The number of benzene rings is 2. The average molecular weight is 585 g/mol. The molecule has 2 amide bonds. The molecule has 2 heterocycles. The van der Waals surface area contributed by atoms with E-state index in [1.807, 2.05) is 73.9 Å². The van der Waals surface area contributed by atoms with Gasteiger partial charge in [0.15, 0.2) is 0 Å². The Bertz CT molecular complexity index is 1530. The van der Waals surface area contributed by atoms with Gasteiger partial charge in [0.1, 0.15) is 12.6 Å². The highest BCUT2D eigenvalue weighted by atomic mass is 16.5. The molecule has 2 aromatic carbocycles. The molecule has 4 rings (SSSR count). The monoisotopic (exact) mass is 584 g/mol. The normalized spacial score (nSPS) is 11.7. The SMILES string of the molecule is CCCCOC(=O)c1ccc(-n2c(C)cc(/C=N\NC(=O)[C@@H](Cc3cnc[nH]3)NC(=O)OCc3ccccc3)c2C)cc1. The maximum Gasteiger partial charge on any atom is 0.408 e. The number of rotatable bonds is 13. The average Bonchev–Trinajstić information content (AvgIpc) is 3.63. The van der Waals surface area contributed by atoms with Crippen LogP contribution in [0, 0.1) is 13.8 Å². The van der Waals surface area contributed by atoms with Crippen LogP contribution in [0.25, 0.3) is 5.69 Å². The number of unbranched alkanes of at least 4 members (excludes halogenated alkanes) is 1. The van der Waals surface area contributed by atoms with Gasteiger partial charge in [-0.3, -0.25) is 4.79 Å². The van der Waals surface area contributed by atoms with Crippen molar-refractivity contribution in [2.24, 2.45) is 5.10 Å². The second-order valence-corrected chi connectivity index (χ2v) is 9.97. The fraction of sp³-hybridized carbons (Fsp3) is 0.281. The van der Waals surface area contributed by atoms with Crippen molar-refractivity contribution in [3.63, 3.8) is 0 Å². The Balaban J connectivity index is 1.39. The zero-order valence-corrected chi connectivity index (χ0v) is 24.5. The number of nitrogens with zero attached hydrogens (tertiary/aromatic N) is 3. The van der Waals surface area contributed by atoms with E-state index in [9.17, 15) is 14.4 Å². The highest BCUT2D eigenvalue weighted by molar-refractivity contribution is 5.90. The Hall–Kier alpha value is -5.19. The lowest BCUT2D eigenvalue weighted by Crippen LogP contribution is -2.47.